The lowest BCUT2D eigenvalue weighted by Crippen LogP contribution is -2.24. The van der Waals surface area contributed by atoms with E-state index in [4.69, 9.17) is 0 Å². The van der Waals surface area contributed by atoms with Crippen molar-refractivity contribution in [3.05, 3.63) is 47.0 Å². The SMILES string of the molecule is Cc1ccc(C(=O)NCc2nnc3n2CCC3)cc1. The molecule has 0 radical (unpaired) electrons. The van der Waals surface area contributed by atoms with Crippen molar-refractivity contribution in [3.63, 3.8) is 0 Å². The molecule has 0 saturated heterocycles. The van der Waals surface area contributed by atoms with Crippen LogP contribution >= 0.6 is 0 Å². The summed E-state index contributed by atoms with van der Waals surface area (Å²) in [7, 11) is 0. The molecule has 1 amide bonds. The average molecular weight is 256 g/mol. The zero-order chi connectivity index (χ0) is 13.2. The number of rotatable bonds is 3. The van der Waals surface area contributed by atoms with Crippen molar-refractivity contribution in [1.82, 2.24) is 20.1 Å². The van der Waals surface area contributed by atoms with Crippen molar-refractivity contribution in [1.29, 1.82) is 0 Å². The second kappa shape index (κ2) is 4.84. The zero-order valence-electron chi connectivity index (χ0n) is 10.9. The summed E-state index contributed by atoms with van der Waals surface area (Å²) in [6, 6.07) is 7.53. The largest absolute Gasteiger partial charge is 0.345 e. The Morgan fingerprint density at radius 3 is 2.89 bits per heavy atom. The van der Waals surface area contributed by atoms with E-state index in [-0.39, 0.29) is 5.91 Å². The molecule has 2 heterocycles. The van der Waals surface area contributed by atoms with Gasteiger partial charge in [-0.2, -0.15) is 0 Å². The number of nitrogens with zero attached hydrogens (tertiary/aromatic N) is 3. The highest BCUT2D eigenvalue weighted by atomic mass is 16.1. The van der Waals surface area contributed by atoms with Gasteiger partial charge in [0.25, 0.3) is 5.91 Å². The summed E-state index contributed by atoms with van der Waals surface area (Å²) in [5, 5.41) is 11.1. The van der Waals surface area contributed by atoms with Gasteiger partial charge in [0.1, 0.15) is 5.82 Å². The van der Waals surface area contributed by atoms with Crippen molar-refractivity contribution < 1.29 is 4.79 Å². The molecule has 1 aliphatic heterocycles. The molecule has 0 bridgehead atoms. The molecule has 0 atom stereocenters. The Morgan fingerprint density at radius 2 is 2.11 bits per heavy atom. The highest BCUT2D eigenvalue weighted by Gasteiger charge is 2.17. The Balaban J connectivity index is 1.66. The molecular formula is C14H16N4O. The molecule has 0 aliphatic carbocycles. The number of hydrogen-bond donors (Lipinski definition) is 1. The second-order valence-corrected chi connectivity index (χ2v) is 4.84. The van der Waals surface area contributed by atoms with Crippen LogP contribution in [0.3, 0.4) is 0 Å². The third-order valence-electron chi connectivity index (χ3n) is 3.41. The molecule has 0 fully saturated rings. The number of aryl methyl sites for hydroxylation is 2. The van der Waals surface area contributed by atoms with Gasteiger partial charge in [0.2, 0.25) is 0 Å². The van der Waals surface area contributed by atoms with Crippen LogP contribution < -0.4 is 5.32 Å². The van der Waals surface area contributed by atoms with Gasteiger partial charge in [-0.25, -0.2) is 0 Å². The molecular weight excluding hydrogens is 240 g/mol. The van der Waals surface area contributed by atoms with E-state index in [2.05, 4.69) is 20.1 Å². The van der Waals surface area contributed by atoms with Crippen LogP contribution in [-0.4, -0.2) is 20.7 Å². The van der Waals surface area contributed by atoms with Gasteiger partial charge in [0, 0.05) is 18.5 Å². The minimum atomic E-state index is -0.0738. The summed E-state index contributed by atoms with van der Waals surface area (Å²) < 4.78 is 2.09. The van der Waals surface area contributed by atoms with Crippen molar-refractivity contribution in [2.45, 2.75) is 32.9 Å². The zero-order valence-corrected chi connectivity index (χ0v) is 10.9. The third-order valence-corrected chi connectivity index (χ3v) is 3.41. The van der Waals surface area contributed by atoms with Crippen LogP contribution in [0.15, 0.2) is 24.3 Å². The van der Waals surface area contributed by atoms with Gasteiger partial charge in [0.15, 0.2) is 5.82 Å². The second-order valence-electron chi connectivity index (χ2n) is 4.84. The molecule has 5 nitrogen and oxygen atoms in total. The van der Waals surface area contributed by atoms with E-state index < -0.39 is 0 Å². The standard InChI is InChI=1S/C14H16N4O/c1-10-4-6-11(7-5-10)14(19)15-9-13-17-16-12-3-2-8-18(12)13/h4-7H,2-3,8-9H2,1H3,(H,15,19). The summed E-state index contributed by atoms with van der Waals surface area (Å²) in [6.07, 6.45) is 2.10. The fraction of sp³-hybridized carbons (Fsp3) is 0.357. The normalized spacial score (nSPS) is 13.3. The summed E-state index contributed by atoms with van der Waals surface area (Å²) in [4.78, 5) is 12.0. The van der Waals surface area contributed by atoms with Gasteiger partial charge in [-0.1, -0.05) is 17.7 Å². The maximum absolute atomic E-state index is 12.0. The number of nitrogens with one attached hydrogen (secondary N) is 1. The fourth-order valence-corrected chi connectivity index (χ4v) is 2.31. The van der Waals surface area contributed by atoms with Gasteiger partial charge in [-0.15, -0.1) is 10.2 Å². The first kappa shape index (κ1) is 11.9. The van der Waals surface area contributed by atoms with Crippen molar-refractivity contribution in [2.75, 3.05) is 0 Å². The summed E-state index contributed by atoms with van der Waals surface area (Å²) >= 11 is 0. The van der Waals surface area contributed by atoms with E-state index in [0.29, 0.717) is 12.1 Å². The van der Waals surface area contributed by atoms with Gasteiger partial charge >= 0.3 is 0 Å². The van der Waals surface area contributed by atoms with E-state index in [1.54, 1.807) is 0 Å². The monoisotopic (exact) mass is 256 g/mol. The number of benzene rings is 1. The Labute approximate surface area is 111 Å². The van der Waals surface area contributed by atoms with Crippen LogP contribution in [0.4, 0.5) is 0 Å². The van der Waals surface area contributed by atoms with Crippen molar-refractivity contribution in [2.24, 2.45) is 0 Å². The highest BCUT2D eigenvalue weighted by Crippen LogP contribution is 2.13. The van der Waals surface area contributed by atoms with Crippen LogP contribution in [0.25, 0.3) is 0 Å². The maximum Gasteiger partial charge on any atom is 0.251 e. The molecule has 3 rings (SSSR count). The lowest BCUT2D eigenvalue weighted by molar-refractivity contribution is 0.0949. The first-order valence-corrected chi connectivity index (χ1v) is 6.50. The van der Waals surface area contributed by atoms with E-state index in [1.165, 1.54) is 0 Å². The minimum Gasteiger partial charge on any atom is -0.345 e. The quantitative estimate of drug-likeness (QED) is 0.904. The number of carbonyl (C=O) groups is 1. The Hall–Kier alpha value is -2.17. The Kier molecular flexibility index (Phi) is 3.03. The van der Waals surface area contributed by atoms with Crippen LogP contribution in [0.2, 0.25) is 0 Å². The van der Waals surface area contributed by atoms with Crippen LogP contribution in [0.5, 0.6) is 0 Å². The van der Waals surface area contributed by atoms with E-state index in [0.717, 1.165) is 36.6 Å². The molecule has 1 aromatic heterocycles. The molecule has 0 spiro atoms. The number of aromatic nitrogens is 3. The van der Waals surface area contributed by atoms with Crippen LogP contribution in [0.1, 0.15) is 34.0 Å². The summed E-state index contributed by atoms with van der Waals surface area (Å²) in [5.74, 6) is 1.79. The predicted octanol–water partition coefficient (Wildman–Crippen LogP) is 1.46. The predicted molar refractivity (Wildman–Crippen MR) is 70.7 cm³/mol. The molecule has 0 saturated carbocycles. The number of amides is 1. The maximum atomic E-state index is 12.0. The number of carbonyl (C=O) groups excluding carboxylic acids is 1. The molecule has 5 heteroatoms. The summed E-state index contributed by atoms with van der Waals surface area (Å²) in [5.41, 5.74) is 1.82. The fourth-order valence-electron chi connectivity index (χ4n) is 2.31. The highest BCUT2D eigenvalue weighted by molar-refractivity contribution is 5.94. The van der Waals surface area contributed by atoms with Crippen molar-refractivity contribution >= 4 is 5.91 Å². The van der Waals surface area contributed by atoms with Gasteiger partial charge in [0.05, 0.1) is 6.54 Å². The smallest absolute Gasteiger partial charge is 0.251 e. The van der Waals surface area contributed by atoms with Gasteiger partial charge in [-0.05, 0) is 25.5 Å². The lowest BCUT2D eigenvalue weighted by Gasteiger charge is -2.06. The van der Waals surface area contributed by atoms with E-state index in [1.807, 2.05) is 31.2 Å². The Bertz CT molecular complexity index is 600. The molecule has 98 valence electrons. The van der Waals surface area contributed by atoms with Crippen molar-refractivity contribution in [3.8, 4) is 0 Å². The summed E-state index contributed by atoms with van der Waals surface area (Å²) in [6.45, 7) is 3.39. The lowest BCUT2D eigenvalue weighted by atomic mass is 10.1. The van der Waals surface area contributed by atoms with Crippen LogP contribution in [-0.2, 0) is 19.5 Å². The molecule has 2 aromatic rings. The minimum absolute atomic E-state index is 0.0738. The Morgan fingerprint density at radius 1 is 1.32 bits per heavy atom. The van der Waals surface area contributed by atoms with E-state index >= 15 is 0 Å². The molecule has 0 unspecified atom stereocenters. The topological polar surface area (TPSA) is 59.8 Å². The first-order chi connectivity index (χ1) is 9.24. The van der Waals surface area contributed by atoms with Gasteiger partial charge < -0.3 is 9.88 Å². The van der Waals surface area contributed by atoms with E-state index in [9.17, 15) is 4.79 Å². The first-order valence-electron chi connectivity index (χ1n) is 6.50. The van der Waals surface area contributed by atoms with Gasteiger partial charge in [-0.3, -0.25) is 4.79 Å². The van der Waals surface area contributed by atoms with Crippen LogP contribution in [0, 0.1) is 6.92 Å². The molecule has 19 heavy (non-hydrogen) atoms. The molecule has 1 aromatic carbocycles. The number of hydrogen-bond acceptors (Lipinski definition) is 3. The number of fused-ring (bicyclic) bond motifs is 1. The third kappa shape index (κ3) is 2.36. The average Bonchev–Trinajstić information content (AvgIpc) is 3.00. The molecule has 1 aliphatic rings. The molecule has 1 N–H and O–H groups in total.